The number of esters is 1. The highest BCUT2D eigenvalue weighted by molar-refractivity contribution is 6.00. The zero-order valence-electron chi connectivity index (χ0n) is 14.5. The Balaban J connectivity index is 1.78. The van der Waals surface area contributed by atoms with E-state index in [4.69, 9.17) is 16.0 Å². The summed E-state index contributed by atoms with van der Waals surface area (Å²) < 4.78 is 12.1. The smallest absolute Gasteiger partial charge is 0.337 e. The lowest BCUT2D eigenvalue weighted by atomic mass is 10.1. The summed E-state index contributed by atoms with van der Waals surface area (Å²) in [6.45, 7) is 7.65. The lowest BCUT2D eigenvalue weighted by Gasteiger charge is -2.29. The van der Waals surface area contributed by atoms with Gasteiger partial charge < -0.3 is 18.8 Å². The van der Waals surface area contributed by atoms with E-state index in [9.17, 15) is 9.59 Å². The number of carbonyl (C=O) groups excluding carboxylic acids is 2. The second-order valence-corrected chi connectivity index (χ2v) is 6.05. The Kier molecular flexibility index (Phi) is 4.01. The number of carbonyl (C=O) groups is 2. The van der Waals surface area contributed by atoms with Crippen molar-refractivity contribution in [3.8, 4) is 5.75 Å². The SMILES string of the molecule is [C-]#[N+]c1c(CN2C(=O)COc3ccc(C(=O)OC)cc32)cn2ccccc12. The van der Waals surface area contributed by atoms with Crippen molar-refractivity contribution < 1.29 is 19.1 Å². The first-order valence-corrected chi connectivity index (χ1v) is 8.24. The first kappa shape index (κ1) is 16.7. The van der Waals surface area contributed by atoms with Crippen molar-refractivity contribution in [2.75, 3.05) is 18.6 Å². The first-order valence-electron chi connectivity index (χ1n) is 8.24. The number of ether oxygens (including phenoxy) is 2. The number of fused-ring (bicyclic) bond motifs is 2. The van der Waals surface area contributed by atoms with E-state index < -0.39 is 5.97 Å². The Bertz CT molecular complexity index is 1110. The van der Waals surface area contributed by atoms with Crippen molar-refractivity contribution in [2.24, 2.45) is 0 Å². The van der Waals surface area contributed by atoms with Crippen molar-refractivity contribution in [2.45, 2.75) is 6.54 Å². The molecule has 1 aromatic carbocycles. The van der Waals surface area contributed by atoms with Gasteiger partial charge in [0.15, 0.2) is 6.61 Å². The fraction of sp³-hybridized carbons (Fsp3) is 0.150. The van der Waals surface area contributed by atoms with Crippen LogP contribution in [0.15, 0.2) is 48.8 Å². The molecule has 7 heteroatoms. The van der Waals surface area contributed by atoms with E-state index in [1.165, 1.54) is 12.0 Å². The van der Waals surface area contributed by atoms with Gasteiger partial charge in [-0.15, -0.1) is 0 Å². The summed E-state index contributed by atoms with van der Waals surface area (Å²) in [5.74, 6) is -0.224. The van der Waals surface area contributed by atoms with Crippen LogP contribution < -0.4 is 9.64 Å². The monoisotopic (exact) mass is 361 g/mol. The second kappa shape index (κ2) is 6.50. The molecule has 1 amide bonds. The molecule has 0 radical (unpaired) electrons. The molecule has 0 N–H and O–H groups in total. The van der Waals surface area contributed by atoms with Crippen molar-refractivity contribution in [3.05, 3.63) is 71.3 Å². The molecular weight excluding hydrogens is 346 g/mol. The molecule has 0 bridgehead atoms. The van der Waals surface area contributed by atoms with Gasteiger partial charge in [-0.3, -0.25) is 4.79 Å². The molecular formula is C20H15N3O4. The second-order valence-electron chi connectivity index (χ2n) is 6.05. The van der Waals surface area contributed by atoms with Crippen LogP contribution in [0.2, 0.25) is 0 Å². The zero-order valence-corrected chi connectivity index (χ0v) is 14.5. The topological polar surface area (TPSA) is 64.6 Å². The summed E-state index contributed by atoms with van der Waals surface area (Å²) in [5.41, 5.74) is 2.82. The van der Waals surface area contributed by atoms with Crippen molar-refractivity contribution >= 4 is 28.8 Å². The van der Waals surface area contributed by atoms with Gasteiger partial charge in [-0.2, -0.15) is 0 Å². The molecule has 0 saturated heterocycles. The minimum absolute atomic E-state index is 0.0920. The predicted octanol–water partition coefficient (Wildman–Crippen LogP) is 3.20. The fourth-order valence-corrected chi connectivity index (χ4v) is 3.20. The van der Waals surface area contributed by atoms with Crippen LogP contribution >= 0.6 is 0 Å². The van der Waals surface area contributed by atoms with Gasteiger partial charge in [0.25, 0.3) is 5.91 Å². The average Bonchev–Trinajstić information content (AvgIpc) is 3.06. The van der Waals surface area contributed by atoms with Gasteiger partial charge in [-0.25, -0.2) is 9.64 Å². The van der Waals surface area contributed by atoms with Crippen LogP contribution in [0.3, 0.4) is 0 Å². The molecule has 0 unspecified atom stereocenters. The third kappa shape index (κ3) is 2.77. The van der Waals surface area contributed by atoms with Crippen LogP contribution in [-0.2, 0) is 16.1 Å². The highest BCUT2D eigenvalue weighted by Crippen LogP contribution is 2.36. The van der Waals surface area contributed by atoms with E-state index in [-0.39, 0.29) is 19.1 Å². The Morgan fingerprint density at radius 3 is 2.96 bits per heavy atom. The van der Waals surface area contributed by atoms with Crippen molar-refractivity contribution in [1.29, 1.82) is 0 Å². The van der Waals surface area contributed by atoms with Crippen molar-refractivity contribution in [1.82, 2.24) is 4.40 Å². The summed E-state index contributed by atoms with van der Waals surface area (Å²) in [6, 6.07) is 10.4. The summed E-state index contributed by atoms with van der Waals surface area (Å²) in [5, 5.41) is 0. The molecule has 4 rings (SSSR count). The summed E-state index contributed by atoms with van der Waals surface area (Å²) in [7, 11) is 1.30. The molecule has 0 aliphatic carbocycles. The molecule has 7 nitrogen and oxygen atoms in total. The Hall–Kier alpha value is -3.79. The maximum absolute atomic E-state index is 12.5. The van der Waals surface area contributed by atoms with Gasteiger partial charge in [0.05, 0.1) is 30.4 Å². The Morgan fingerprint density at radius 1 is 1.33 bits per heavy atom. The lowest BCUT2D eigenvalue weighted by Crippen LogP contribution is -2.38. The maximum atomic E-state index is 12.5. The predicted molar refractivity (Wildman–Crippen MR) is 98.1 cm³/mol. The number of pyridine rings is 1. The van der Waals surface area contributed by atoms with Crippen LogP contribution in [0.4, 0.5) is 11.4 Å². The van der Waals surface area contributed by atoms with Crippen molar-refractivity contribution in [3.63, 3.8) is 0 Å². The number of nitrogens with zero attached hydrogens (tertiary/aromatic N) is 3. The average molecular weight is 361 g/mol. The van der Waals surface area contributed by atoms with Gasteiger partial charge >= 0.3 is 5.97 Å². The molecule has 1 aliphatic rings. The van der Waals surface area contributed by atoms with Crippen LogP contribution in [0.1, 0.15) is 15.9 Å². The number of hydrogen-bond donors (Lipinski definition) is 0. The molecule has 2 aromatic heterocycles. The van der Waals surface area contributed by atoms with E-state index >= 15 is 0 Å². The molecule has 1 aliphatic heterocycles. The third-order valence-corrected chi connectivity index (χ3v) is 4.50. The number of anilines is 1. The molecule has 27 heavy (non-hydrogen) atoms. The molecule has 3 heterocycles. The molecule has 0 fully saturated rings. The van der Waals surface area contributed by atoms with E-state index in [0.29, 0.717) is 22.7 Å². The summed E-state index contributed by atoms with van der Waals surface area (Å²) in [4.78, 5) is 29.6. The van der Waals surface area contributed by atoms with Gasteiger partial charge in [0, 0.05) is 18.9 Å². The molecule has 3 aromatic rings. The Morgan fingerprint density at radius 2 is 2.19 bits per heavy atom. The standard InChI is InChI=1S/C20H15N3O4/c1-21-19-14(10-22-8-4-3-5-15(19)22)11-23-16-9-13(20(25)26-2)6-7-17(16)27-12-18(23)24/h3-10H,11-12H2,2H3. The molecule has 0 spiro atoms. The fourth-order valence-electron chi connectivity index (χ4n) is 3.20. The van der Waals surface area contributed by atoms with E-state index in [0.717, 1.165) is 11.1 Å². The minimum Gasteiger partial charge on any atom is -0.482 e. The van der Waals surface area contributed by atoms with Crippen LogP contribution in [0.25, 0.3) is 10.4 Å². The highest BCUT2D eigenvalue weighted by atomic mass is 16.5. The first-order chi connectivity index (χ1) is 13.1. The molecule has 0 atom stereocenters. The van der Waals surface area contributed by atoms with Crippen LogP contribution in [0.5, 0.6) is 5.75 Å². The Labute approximate surface area is 155 Å². The van der Waals surface area contributed by atoms with Crippen LogP contribution in [-0.4, -0.2) is 30.0 Å². The number of methoxy groups -OCH3 is 1. The molecule has 134 valence electrons. The highest BCUT2D eigenvalue weighted by Gasteiger charge is 2.28. The summed E-state index contributed by atoms with van der Waals surface area (Å²) in [6.07, 6.45) is 3.70. The number of benzene rings is 1. The largest absolute Gasteiger partial charge is 0.482 e. The van der Waals surface area contributed by atoms with Gasteiger partial charge in [-0.05, 0) is 35.9 Å². The zero-order chi connectivity index (χ0) is 19.0. The number of amides is 1. The normalized spacial score (nSPS) is 13.0. The van der Waals surface area contributed by atoms with Gasteiger partial charge in [-0.1, -0.05) is 6.07 Å². The van der Waals surface area contributed by atoms with Gasteiger partial charge in [0.1, 0.15) is 5.75 Å². The number of rotatable bonds is 3. The lowest BCUT2D eigenvalue weighted by molar-refractivity contribution is -0.121. The minimum atomic E-state index is -0.493. The van der Waals surface area contributed by atoms with Gasteiger partial charge in [0.2, 0.25) is 5.69 Å². The van der Waals surface area contributed by atoms with E-state index in [1.54, 1.807) is 18.2 Å². The molecule has 0 saturated carbocycles. The van der Waals surface area contributed by atoms with Crippen LogP contribution in [0, 0.1) is 6.57 Å². The quantitative estimate of drug-likeness (QED) is 0.531. The number of hydrogen-bond acceptors (Lipinski definition) is 4. The number of aromatic nitrogens is 1. The summed E-state index contributed by atoms with van der Waals surface area (Å²) >= 11 is 0. The van der Waals surface area contributed by atoms with E-state index in [2.05, 4.69) is 4.85 Å². The maximum Gasteiger partial charge on any atom is 0.337 e. The van der Waals surface area contributed by atoms with E-state index in [1.807, 2.05) is 35.0 Å². The third-order valence-electron chi connectivity index (χ3n) is 4.50.